The lowest BCUT2D eigenvalue weighted by atomic mass is 10.1. The first-order chi connectivity index (χ1) is 8.72. The molecule has 18 heavy (non-hydrogen) atoms. The number of rotatable bonds is 2. The van der Waals surface area contributed by atoms with Gasteiger partial charge in [0.15, 0.2) is 5.13 Å². The van der Waals surface area contributed by atoms with Crippen molar-refractivity contribution in [3.8, 4) is 0 Å². The Morgan fingerprint density at radius 3 is 3.00 bits per heavy atom. The van der Waals surface area contributed by atoms with E-state index in [1.165, 1.54) is 22.5 Å². The summed E-state index contributed by atoms with van der Waals surface area (Å²) in [6.45, 7) is 3.64. The Balaban J connectivity index is 1.80. The zero-order valence-corrected chi connectivity index (χ0v) is 10.8. The highest BCUT2D eigenvalue weighted by atomic mass is 32.1. The zero-order chi connectivity index (χ0) is 12.5. The number of carbonyl (C=O) groups is 1. The second-order valence-corrected chi connectivity index (χ2v) is 5.19. The number of aryl methyl sites for hydroxylation is 1. The molecular weight excluding hydrogens is 246 g/mol. The van der Waals surface area contributed by atoms with E-state index in [9.17, 15) is 4.79 Å². The van der Waals surface area contributed by atoms with E-state index >= 15 is 0 Å². The second-order valence-electron chi connectivity index (χ2n) is 4.34. The minimum atomic E-state index is -0.0981. The third-order valence-corrected chi connectivity index (χ3v) is 3.81. The molecular formula is C13H13N3OS. The zero-order valence-electron chi connectivity index (χ0n) is 9.99. The van der Waals surface area contributed by atoms with Gasteiger partial charge < -0.3 is 5.32 Å². The number of nitrogens with one attached hydrogen (secondary N) is 2. The van der Waals surface area contributed by atoms with Crippen LogP contribution in [0.1, 0.15) is 27.2 Å². The van der Waals surface area contributed by atoms with Crippen LogP contribution < -0.4 is 10.6 Å². The van der Waals surface area contributed by atoms with Gasteiger partial charge in [-0.15, -0.1) is 11.3 Å². The number of benzene rings is 1. The van der Waals surface area contributed by atoms with Crippen molar-refractivity contribution in [1.29, 1.82) is 0 Å². The molecule has 3 rings (SSSR count). The van der Waals surface area contributed by atoms with Gasteiger partial charge in [-0.05, 0) is 30.2 Å². The van der Waals surface area contributed by atoms with Crippen molar-refractivity contribution in [3.63, 3.8) is 0 Å². The fourth-order valence-corrected chi connectivity index (χ4v) is 2.70. The molecule has 0 atom stereocenters. The molecule has 0 unspecified atom stereocenters. The topological polar surface area (TPSA) is 54.0 Å². The van der Waals surface area contributed by atoms with Crippen LogP contribution in [0.25, 0.3) is 0 Å². The van der Waals surface area contributed by atoms with Crippen LogP contribution in [-0.4, -0.2) is 10.9 Å². The standard InChI is InChI=1S/C13H13N3OS/c1-8-7-18-13(15-8)16-12(17)9-2-3-10-5-14-6-11(10)4-9/h2-4,7,14H,5-6H2,1H3,(H,15,16,17). The van der Waals surface area contributed by atoms with Gasteiger partial charge in [-0.2, -0.15) is 0 Å². The molecule has 2 aromatic rings. The quantitative estimate of drug-likeness (QED) is 0.870. The lowest BCUT2D eigenvalue weighted by molar-refractivity contribution is 0.102. The summed E-state index contributed by atoms with van der Waals surface area (Å²) < 4.78 is 0. The van der Waals surface area contributed by atoms with Crippen molar-refractivity contribution in [2.75, 3.05) is 5.32 Å². The van der Waals surface area contributed by atoms with Crippen LogP contribution in [-0.2, 0) is 13.1 Å². The van der Waals surface area contributed by atoms with Gasteiger partial charge in [0.25, 0.3) is 5.91 Å². The molecule has 92 valence electrons. The number of amides is 1. The average Bonchev–Trinajstić information content (AvgIpc) is 2.96. The second kappa shape index (κ2) is 4.51. The number of carbonyl (C=O) groups excluding carboxylic acids is 1. The highest BCUT2D eigenvalue weighted by Gasteiger charge is 2.14. The van der Waals surface area contributed by atoms with Crippen LogP contribution in [0.3, 0.4) is 0 Å². The van der Waals surface area contributed by atoms with Gasteiger partial charge in [0.1, 0.15) is 0 Å². The van der Waals surface area contributed by atoms with Crippen LogP contribution in [0.15, 0.2) is 23.6 Å². The van der Waals surface area contributed by atoms with Crippen molar-refractivity contribution >= 4 is 22.4 Å². The van der Waals surface area contributed by atoms with Crippen molar-refractivity contribution in [2.45, 2.75) is 20.0 Å². The van der Waals surface area contributed by atoms with Crippen LogP contribution >= 0.6 is 11.3 Å². The lowest BCUT2D eigenvalue weighted by Gasteiger charge is -2.04. The number of hydrogen-bond donors (Lipinski definition) is 2. The van der Waals surface area contributed by atoms with Crippen LogP contribution in [0.5, 0.6) is 0 Å². The summed E-state index contributed by atoms with van der Waals surface area (Å²) >= 11 is 1.44. The molecule has 0 spiro atoms. The number of hydrogen-bond acceptors (Lipinski definition) is 4. The molecule has 0 saturated heterocycles. The largest absolute Gasteiger partial charge is 0.309 e. The van der Waals surface area contributed by atoms with Crippen LogP contribution in [0.2, 0.25) is 0 Å². The molecule has 1 aromatic carbocycles. The molecule has 0 fully saturated rings. The highest BCUT2D eigenvalue weighted by molar-refractivity contribution is 7.13. The average molecular weight is 259 g/mol. The fraction of sp³-hybridized carbons (Fsp3) is 0.231. The first kappa shape index (κ1) is 11.4. The maximum Gasteiger partial charge on any atom is 0.257 e. The van der Waals surface area contributed by atoms with Gasteiger partial charge >= 0.3 is 0 Å². The molecule has 1 aliphatic rings. The van der Waals surface area contributed by atoms with Crippen molar-refractivity contribution in [2.24, 2.45) is 0 Å². The first-order valence-corrected chi connectivity index (χ1v) is 6.66. The summed E-state index contributed by atoms with van der Waals surface area (Å²) in [6, 6.07) is 5.82. The summed E-state index contributed by atoms with van der Waals surface area (Å²) in [5.74, 6) is -0.0981. The number of thiazole rings is 1. The van der Waals surface area contributed by atoms with Crippen LogP contribution in [0, 0.1) is 6.92 Å². The van der Waals surface area contributed by atoms with Gasteiger partial charge in [-0.3, -0.25) is 10.1 Å². The van der Waals surface area contributed by atoms with E-state index in [0.29, 0.717) is 10.7 Å². The molecule has 1 amide bonds. The van der Waals surface area contributed by atoms with Gasteiger partial charge in [-0.1, -0.05) is 6.07 Å². The number of nitrogens with zero attached hydrogens (tertiary/aromatic N) is 1. The molecule has 1 aromatic heterocycles. The monoisotopic (exact) mass is 259 g/mol. The van der Waals surface area contributed by atoms with E-state index in [0.717, 1.165) is 18.8 Å². The minimum Gasteiger partial charge on any atom is -0.309 e. The van der Waals surface area contributed by atoms with E-state index in [4.69, 9.17) is 0 Å². The molecule has 4 nitrogen and oxygen atoms in total. The maximum absolute atomic E-state index is 12.1. The molecule has 0 radical (unpaired) electrons. The van der Waals surface area contributed by atoms with E-state index in [-0.39, 0.29) is 5.91 Å². The smallest absolute Gasteiger partial charge is 0.257 e. The Morgan fingerprint density at radius 1 is 1.39 bits per heavy atom. The Morgan fingerprint density at radius 2 is 2.22 bits per heavy atom. The summed E-state index contributed by atoms with van der Waals surface area (Å²) in [7, 11) is 0. The van der Waals surface area contributed by atoms with Crippen LogP contribution in [0.4, 0.5) is 5.13 Å². The SMILES string of the molecule is Cc1csc(NC(=O)c2ccc3c(c2)CNC3)n1. The highest BCUT2D eigenvalue weighted by Crippen LogP contribution is 2.19. The maximum atomic E-state index is 12.1. The summed E-state index contributed by atoms with van der Waals surface area (Å²) in [4.78, 5) is 16.3. The normalized spacial score (nSPS) is 13.4. The molecule has 1 aliphatic heterocycles. The molecule has 5 heteroatoms. The van der Waals surface area contributed by atoms with E-state index < -0.39 is 0 Å². The number of fused-ring (bicyclic) bond motifs is 1. The van der Waals surface area contributed by atoms with Gasteiger partial charge in [0, 0.05) is 24.0 Å². The first-order valence-electron chi connectivity index (χ1n) is 5.78. The van der Waals surface area contributed by atoms with Gasteiger partial charge in [-0.25, -0.2) is 4.98 Å². The Hall–Kier alpha value is -1.72. The predicted octanol–water partition coefficient (Wildman–Crippen LogP) is 2.31. The van der Waals surface area contributed by atoms with Crippen molar-refractivity contribution in [3.05, 3.63) is 46.0 Å². The Labute approximate surface area is 109 Å². The fourth-order valence-electron chi connectivity index (χ4n) is 2.02. The minimum absolute atomic E-state index is 0.0981. The molecule has 2 N–H and O–H groups in total. The molecule has 0 bridgehead atoms. The summed E-state index contributed by atoms with van der Waals surface area (Å²) in [5.41, 5.74) is 4.09. The van der Waals surface area contributed by atoms with E-state index in [2.05, 4.69) is 15.6 Å². The van der Waals surface area contributed by atoms with Gasteiger partial charge in [0.05, 0.1) is 5.69 Å². The van der Waals surface area contributed by atoms with Gasteiger partial charge in [0.2, 0.25) is 0 Å². The molecule has 0 saturated carbocycles. The Kier molecular flexibility index (Phi) is 2.85. The lowest BCUT2D eigenvalue weighted by Crippen LogP contribution is -2.12. The summed E-state index contributed by atoms with van der Waals surface area (Å²) in [5, 5.41) is 8.65. The molecule has 2 heterocycles. The van der Waals surface area contributed by atoms with E-state index in [1.807, 2.05) is 30.5 Å². The summed E-state index contributed by atoms with van der Waals surface area (Å²) in [6.07, 6.45) is 0. The van der Waals surface area contributed by atoms with Crippen molar-refractivity contribution in [1.82, 2.24) is 10.3 Å². The van der Waals surface area contributed by atoms with Crippen molar-refractivity contribution < 1.29 is 4.79 Å². The number of aromatic nitrogens is 1. The van der Waals surface area contributed by atoms with E-state index in [1.54, 1.807) is 0 Å². The Bertz CT molecular complexity index is 606. The number of anilines is 1. The predicted molar refractivity (Wildman–Crippen MR) is 71.8 cm³/mol. The molecule has 0 aliphatic carbocycles. The third-order valence-electron chi connectivity index (χ3n) is 2.94. The third kappa shape index (κ3) is 2.14.